The molecule has 2 N–H and O–H groups in total. The second-order valence-electron chi connectivity index (χ2n) is 8.21. The van der Waals surface area contributed by atoms with Gasteiger partial charge in [0.1, 0.15) is 6.10 Å². The van der Waals surface area contributed by atoms with Crippen molar-refractivity contribution in [1.82, 2.24) is 20.8 Å². The molecule has 3 rings (SSSR count). The number of nitrogens with zero attached hydrogens (tertiary/aromatic N) is 2. The molecule has 0 bridgehead atoms. The third-order valence-electron chi connectivity index (χ3n) is 5.63. The third kappa shape index (κ3) is 8.88. The van der Waals surface area contributed by atoms with E-state index in [1.54, 1.807) is 0 Å². The molecule has 178 valence electrons. The van der Waals surface area contributed by atoms with E-state index in [1.165, 1.54) is 56.9 Å². The van der Waals surface area contributed by atoms with Gasteiger partial charge in [-0.3, -0.25) is 4.79 Å². The smallest absolute Gasteiger partial charge is 0.250 e. The van der Waals surface area contributed by atoms with E-state index < -0.39 is 6.10 Å². The van der Waals surface area contributed by atoms with E-state index in [0.29, 0.717) is 24.9 Å². The molecule has 1 amide bonds. The average molecular weight is 465 g/mol. The highest BCUT2D eigenvalue weighted by Crippen LogP contribution is 2.18. The number of aromatic nitrogens is 2. The van der Waals surface area contributed by atoms with Crippen LogP contribution in [0, 0.1) is 0 Å². The maximum atomic E-state index is 12.1. The van der Waals surface area contributed by atoms with Gasteiger partial charge in [-0.1, -0.05) is 81.3 Å². The number of benzene rings is 1. The molecule has 0 spiro atoms. The number of hydrogen-bond donors (Lipinski definition) is 2. The van der Waals surface area contributed by atoms with Gasteiger partial charge in [0, 0.05) is 18.7 Å². The molecule has 1 aliphatic rings. The van der Waals surface area contributed by atoms with Gasteiger partial charge in [-0.15, -0.1) is 12.4 Å². The lowest BCUT2D eigenvalue weighted by Gasteiger charge is -2.22. The van der Waals surface area contributed by atoms with Crippen LogP contribution in [0.2, 0.25) is 0 Å². The lowest BCUT2D eigenvalue weighted by molar-refractivity contribution is -0.134. The van der Waals surface area contributed by atoms with Gasteiger partial charge in [-0.05, 0) is 18.4 Å². The lowest BCUT2D eigenvalue weighted by atomic mass is 10.0. The number of carbonyl (C=O) groups excluding carboxylic acids is 1. The molecule has 0 unspecified atom stereocenters. The molecule has 2 aromatic rings. The van der Waals surface area contributed by atoms with Crippen molar-refractivity contribution in [3.8, 4) is 11.4 Å². The fourth-order valence-corrected chi connectivity index (χ4v) is 3.74. The Morgan fingerprint density at radius 3 is 2.50 bits per heavy atom. The molecule has 1 aliphatic heterocycles. The summed E-state index contributed by atoms with van der Waals surface area (Å²) in [6, 6.07) is 8.35. The van der Waals surface area contributed by atoms with E-state index in [2.05, 4.69) is 39.8 Å². The molecule has 32 heavy (non-hydrogen) atoms. The Morgan fingerprint density at radius 1 is 1.09 bits per heavy atom. The van der Waals surface area contributed by atoms with E-state index in [9.17, 15) is 4.79 Å². The SMILES string of the molecule is CCCCCCCCCCc1ccc(-c2noc(CNC(=O)[C@H]3CNCCO3)n2)cc1.Cl. The largest absolute Gasteiger partial charge is 0.366 e. The Kier molecular flexibility index (Phi) is 12.3. The average Bonchev–Trinajstić information content (AvgIpc) is 3.29. The van der Waals surface area contributed by atoms with Crippen molar-refractivity contribution in [1.29, 1.82) is 0 Å². The van der Waals surface area contributed by atoms with Gasteiger partial charge in [0.15, 0.2) is 0 Å². The number of hydrogen-bond acceptors (Lipinski definition) is 6. The van der Waals surface area contributed by atoms with Crippen LogP contribution in [-0.2, 0) is 22.5 Å². The summed E-state index contributed by atoms with van der Waals surface area (Å²) in [5.41, 5.74) is 2.26. The molecule has 1 atom stereocenters. The number of morpholine rings is 1. The van der Waals surface area contributed by atoms with Crippen molar-refractivity contribution in [2.75, 3.05) is 19.7 Å². The Morgan fingerprint density at radius 2 is 1.81 bits per heavy atom. The molecule has 0 saturated carbocycles. The summed E-state index contributed by atoms with van der Waals surface area (Å²) in [5, 5.41) is 9.97. The van der Waals surface area contributed by atoms with Gasteiger partial charge in [-0.2, -0.15) is 4.98 Å². The van der Waals surface area contributed by atoms with Gasteiger partial charge >= 0.3 is 0 Å². The number of nitrogens with one attached hydrogen (secondary N) is 2. The van der Waals surface area contributed by atoms with Crippen LogP contribution in [0.25, 0.3) is 11.4 Å². The minimum atomic E-state index is -0.468. The molecule has 8 heteroatoms. The minimum absolute atomic E-state index is 0. The van der Waals surface area contributed by atoms with Crippen molar-refractivity contribution in [3.63, 3.8) is 0 Å². The van der Waals surface area contributed by atoms with Crippen LogP contribution in [0.3, 0.4) is 0 Å². The number of halogens is 1. The quantitative estimate of drug-likeness (QED) is 0.426. The van der Waals surface area contributed by atoms with Gasteiger partial charge in [0.2, 0.25) is 11.7 Å². The summed E-state index contributed by atoms with van der Waals surface area (Å²) in [6.07, 6.45) is 11.3. The summed E-state index contributed by atoms with van der Waals surface area (Å²) in [4.78, 5) is 16.5. The molecule has 1 saturated heterocycles. The zero-order chi connectivity index (χ0) is 21.7. The van der Waals surface area contributed by atoms with Gasteiger partial charge in [0.25, 0.3) is 5.91 Å². The fourth-order valence-electron chi connectivity index (χ4n) is 3.74. The first-order valence-electron chi connectivity index (χ1n) is 11.8. The maximum absolute atomic E-state index is 12.1. The monoisotopic (exact) mass is 464 g/mol. The highest BCUT2D eigenvalue weighted by atomic mass is 35.5. The van der Waals surface area contributed by atoms with Crippen LogP contribution in [0.1, 0.15) is 69.7 Å². The molecule has 0 radical (unpaired) electrons. The van der Waals surface area contributed by atoms with Gasteiger partial charge in [-0.25, -0.2) is 0 Å². The van der Waals surface area contributed by atoms with Crippen LogP contribution in [0.4, 0.5) is 0 Å². The number of aryl methyl sites for hydroxylation is 1. The fraction of sp³-hybridized carbons (Fsp3) is 0.625. The topological polar surface area (TPSA) is 89.3 Å². The predicted molar refractivity (Wildman–Crippen MR) is 128 cm³/mol. The standard InChI is InChI=1S/C24H36N4O3.ClH/c1-2-3-4-5-6-7-8-9-10-19-11-13-20(14-12-19)23-27-22(31-28-23)18-26-24(29)21-17-25-15-16-30-21;/h11-14,21,25H,2-10,15-18H2,1H3,(H,26,29);1H/t21-;/m1./s1. The zero-order valence-corrected chi connectivity index (χ0v) is 19.9. The predicted octanol–water partition coefficient (Wildman–Crippen LogP) is 4.45. The first kappa shape index (κ1) is 26.3. The molecule has 1 aromatic heterocycles. The highest BCUT2D eigenvalue weighted by Gasteiger charge is 2.22. The maximum Gasteiger partial charge on any atom is 0.250 e. The molecular formula is C24H37ClN4O3. The Hall–Kier alpha value is -1.96. The van der Waals surface area contributed by atoms with Crippen molar-refractivity contribution >= 4 is 18.3 Å². The van der Waals surface area contributed by atoms with Crippen molar-refractivity contribution in [3.05, 3.63) is 35.7 Å². The number of unbranched alkanes of at least 4 members (excludes halogenated alkanes) is 7. The first-order chi connectivity index (χ1) is 15.3. The zero-order valence-electron chi connectivity index (χ0n) is 19.1. The van der Waals surface area contributed by atoms with E-state index >= 15 is 0 Å². The van der Waals surface area contributed by atoms with Crippen LogP contribution in [0.15, 0.2) is 28.8 Å². The summed E-state index contributed by atoms with van der Waals surface area (Å²) in [5.74, 6) is 0.755. The van der Waals surface area contributed by atoms with Crippen LogP contribution in [-0.4, -0.2) is 41.8 Å². The Bertz CT molecular complexity index is 776. The van der Waals surface area contributed by atoms with Crippen molar-refractivity contribution < 1.29 is 14.1 Å². The molecular weight excluding hydrogens is 428 g/mol. The lowest BCUT2D eigenvalue weighted by Crippen LogP contribution is -2.47. The Balaban J connectivity index is 0.00000363. The summed E-state index contributed by atoms with van der Waals surface area (Å²) < 4.78 is 10.7. The van der Waals surface area contributed by atoms with Crippen molar-refractivity contribution in [2.24, 2.45) is 0 Å². The number of amides is 1. The minimum Gasteiger partial charge on any atom is -0.366 e. The number of ether oxygens (including phenoxy) is 1. The van der Waals surface area contributed by atoms with Gasteiger partial charge < -0.3 is 19.9 Å². The first-order valence-corrected chi connectivity index (χ1v) is 11.8. The molecule has 7 nitrogen and oxygen atoms in total. The molecule has 1 fully saturated rings. The second-order valence-corrected chi connectivity index (χ2v) is 8.21. The van der Waals surface area contributed by atoms with Crippen LogP contribution in [0.5, 0.6) is 0 Å². The number of rotatable bonds is 13. The van der Waals surface area contributed by atoms with E-state index in [1.807, 2.05) is 12.1 Å². The van der Waals surface area contributed by atoms with Crippen LogP contribution >= 0.6 is 12.4 Å². The van der Waals surface area contributed by atoms with E-state index in [0.717, 1.165) is 18.5 Å². The number of carbonyl (C=O) groups is 1. The van der Waals surface area contributed by atoms with E-state index in [-0.39, 0.29) is 24.9 Å². The van der Waals surface area contributed by atoms with Crippen LogP contribution < -0.4 is 10.6 Å². The second kappa shape index (κ2) is 15.0. The molecule has 1 aromatic carbocycles. The molecule has 0 aliphatic carbocycles. The third-order valence-corrected chi connectivity index (χ3v) is 5.63. The molecule has 2 heterocycles. The summed E-state index contributed by atoms with van der Waals surface area (Å²) in [6.45, 7) is 4.29. The summed E-state index contributed by atoms with van der Waals surface area (Å²) in [7, 11) is 0. The van der Waals surface area contributed by atoms with E-state index in [4.69, 9.17) is 9.26 Å². The van der Waals surface area contributed by atoms with Gasteiger partial charge in [0.05, 0.1) is 13.2 Å². The van der Waals surface area contributed by atoms with Crippen molar-refractivity contribution in [2.45, 2.75) is 77.4 Å². The Labute approximate surface area is 197 Å². The highest BCUT2D eigenvalue weighted by molar-refractivity contribution is 5.85. The summed E-state index contributed by atoms with van der Waals surface area (Å²) >= 11 is 0. The normalized spacial score (nSPS) is 15.8.